The van der Waals surface area contributed by atoms with Crippen LogP contribution in [0.5, 0.6) is 0 Å². The fourth-order valence-electron chi connectivity index (χ4n) is 3.56. The molecule has 4 heteroatoms. The molecule has 118 valence electrons. The normalized spacial score (nSPS) is 19.0. The molecule has 1 amide bonds. The zero-order valence-corrected chi connectivity index (χ0v) is 13.2. The topological polar surface area (TPSA) is 46.9 Å². The molecule has 0 saturated carbocycles. The summed E-state index contributed by atoms with van der Waals surface area (Å²) in [6, 6.07) is 10.0. The van der Waals surface area contributed by atoms with Crippen LogP contribution in [0.2, 0.25) is 0 Å². The molecular weight excluding hydrogens is 286 g/mol. The van der Waals surface area contributed by atoms with Crippen LogP contribution in [0.4, 0.5) is 5.82 Å². The second kappa shape index (κ2) is 6.03. The minimum Gasteiger partial charge on any atom is -0.310 e. The van der Waals surface area contributed by atoms with Crippen molar-refractivity contribution in [1.82, 2.24) is 9.78 Å². The number of aromatic nitrogens is 2. The summed E-state index contributed by atoms with van der Waals surface area (Å²) in [6.45, 7) is 0. The number of nitrogens with zero attached hydrogens (tertiary/aromatic N) is 2. The van der Waals surface area contributed by atoms with Crippen molar-refractivity contribution in [3.05, 3.63) is 53.7 Å². The quantitative estimate of drug-likeness (QED) is 0.876. The van der Waals surface area contributed by atoms with Crippen molar-refractivity contribution >= 4 is 11.7 Å². The average Bonchev–Trinajstić information content (AvgIpc) is 3.27. The molecule has 0 saturated heterocycles. The van der Waals surface area contributed by atoms with Crippen LogP contribution in [-0.4, -0.2) is 15.7 Å². The van der Waals surface area contributed by atoms with E-state index in [9.17, 15) is 4.79 Å². The van der Waals surface area contributed by atoms with Crippen molar-refractivity contribution < 1.29 is 4.79 Å². The lowest BCUT2D eigenvalue weighted by atomic mass is 10.1. The van der Waals surface area contributed by atoms with E-state index in [1.54, 1.807) is 0 Å². The Bertz CT molecular complexity index is 745. The summed E-state index contributed by atoms with van der Waals surface area (Å²) in [6.07, 6.45) is 10.2. The van der Waals surface area contributed by atoms with Crippen LogP contribution in [0.3, 0.4) is 0 Å². The van der Waals surface area contributed by atoms with Gasteiger partial charge in [-0.05, 0) is 50.2 Å². The molecule has 0 radical (unpaired) electrons. The van der Waals surface area contributed by atoms with Gasteiger partial charge in [-0.2, -0.15) is 5.10 Å². The molecule has 1 heterocycles. The highest BCUT2D eigenvalue weighted by Crippen LogP contribution is 2.31. The number of amides is 1. The van der Waals surface area contributed by atoms with Gasteiger partial charge >= 0.3 is 0 Å². The van der Waals surface area contributed by atoms with Crippen LogP contribution >= 0.6 is 0 Å². The van der Waals surface area contributed by atoms with Gasteiger partial charge in [-0.1, -0.05) is 30.4 Å². The molecule has 1 aromatic heterocycles. The summed E-state index contributed by atoms with van der Waals surface area (Å²) in [5.74, 6) is 1.35. The Kier molecular flexibility index (Phi) is 3.74. The van der Waals surface area contributed by atoms with Gasteiger partial charge in [-0.15, -0.1) is 0 Å². The molecule has 1 atom stereocenters. The maximum atomic E-state index is 12.5. The third-order valence-electron chi connectivity index (χ3n) is 4.73. The Hall–Kier alpha value is -2.36. The zero-order chi connectivity index (χ0) is 15.6. The third-order valence-corrected chi connectivity index (χ3v) is 4.73. The summed E-state index contributed by atoms with van der Waals surface area (Å²) >= 11 is 0. The number of nitrogens with one attached hydrogen (secondary N) is 1. The van der Waals surface area contributed by atoms with Crippen LogP contribution in [0.25, 0.3) is 5.69 Å². The van der Waals surface area contributed by atoms with Gasteiger partial charge in [0.2, 0.25) is 5.91 Å². The van der Waals surface area contributed by atoms with E-state index in [1.165, 1.54) is 5.56 Å². The summed E-state index contributed by atoms with van der Waals surface area (Å²) in [5.41, 5.74) is 3.34. The first-order valence-corrected chi connectivity index (χ1v) is 8.44. The van der Waals surface area contributed by atoms with E-state index in [-0.39, 0.29) is 5.91 Å². The molecule has 1 unspecified atom stereocenters. The molecule has 4 nitrogen and oxygen atoms in total. The Morgan fingerprint density at radius 2 is 2.13 bits per heavy atom. The molecule has 4 rings (SSSR count). The number of hydrogen-bond acceptors (Lipinski definition) is 2. The molecule has 2 aliphatic rings. The first-order chi connectivity index (χ1) is 11.3. The fraction of sp³-hybridized carbons (Fsp3) is 0.368. The molecular formula is C19H21N3O. The van der Waals surface area contributed by atoms with Crippen molar-refractivity contribution in [3.8, 4) is 5.69 Å². The number of para-hydroxylation sites is 1. The SMILES string of the molecule is O=C(CC1C=CCC1)Nc1c2c(nn1-c1ccccc1)CCC2. The number of hydrogen-bond donors (Lipinski definition) is 1. The molecule has 0 bridgehead atoms. The minimum atomic E-state index is 0.0910. The fourth-order valence-corrected chi connectivity index (χ4v) is 3.56. The van der Waals surface area contributed by atoms with E-state index in [0.717, 1.165) is 49.3 Å². The molecule has 0 spiro atoms. The Labute approximate surface area is 136 Å². The highest BCUT2D eigenvalue weighted by molar-refractivity contribution is 5.91. The monoisotopic (exact) mass is 307 g/mol. The number of allylic oxidation sites excluding steroid dienone is 2. The molecule has 2 aromatic rings. The van der Waals surface area contributed by atoms with Gasteiger partial charge in [0.05, 0.1) is 11.4 Å². The predicted molar refractivity (Wildman–Crippen MR) is 90.7 cm³/mol. The van der Waals surface area contributed by atoms with Crippen molar-refractivity contribution in [3.63, 3.8) is 0 Å². The van der Waals surface area contributed by atoms with Gasteiger partial charge in [-0.3, -0.25) is 4.79 Å². The van der Waals surface area contributed by atoms with Gasteiger partial charge in [0.25, 0.3) is 0 Å². The number of anilines is 1. The van der Waals surface area contributed by atoms with E-state index >= 15 is 0 Å². The number of aryl methyl sites for hydroxylation is 1. The average molecular weight is 307 g/mol. The summed E-state index contributed by atoms with van der Waals surface area (Å²) in [4.78, 5) is 12.5. The van der Waals surface area contributed by atoms with Crippen LogP contribution in [0, 0.1) is 5.92 Å². The highest BCUT2D eigenvalue weighted by Gasteiger charge is 2.25. The van der Waals surface area contributed by atoms with E-state index in [2.05, 4.69) is 17.5 Å². The number of benzene rings is 1. The van der Waals surface area contributed by atoms with Gasteiger partial charge in [0, 0.05) is 12.0 Å². The second-order valence-corrected chi connectivity index (χ2v) is 6.39. The van der Waals surface area contributed by atoms with Gasteiger partial charge in [0.1, 0.15) is 5.82 Å². The van der Waals surface area contributed by atoms with Crippen molar-refractivity contribution in [2.45, 2.75) is 38.5 Å². The van der Waals surface area contributed by atoms with Crippen molar-refractivity contribution in [1.29, 1.82) is 0 Å². The predicted octanol–water partition coefficient (Wildman–Crippen LogP) is 3.66. The lowest BCUT2D eigenvalue weighted by Crippen LogP contribution is -2.18. The number of carbonyl (C=O) groups is 1. The lowest BCUT2D eigenvalue weighted by Gasteiger charge is -2.12. The summed E-state index contributed by atoms with van der Waals surface area (Å²) < 4.78 is 1.90. The molecule has 0 aliphatic heterocycles. The maximum absolute atomic E-state index is 12.5. The Morgan fingerprint density at radius 1 is 1.26 bits per heavy atom. The number of rotatable bonds is 4. The maximum Gasteiger partial charge on any atom is 0.226 e. The van der Waals surface area contributed by atoms with E-state index in [0.29, 0.717) is 12.3 Å². The van der Waals surface area contributed by atoms with Crippen molar-refractivity contribution in [2.75, 3.05) is 5.32 Å². The smallest absolute Gasteiger partial charge is 0.226 e. The van der Waals surface area contributed by atoms with Gasteiger partial charge < -0.3 is 5.32 Å². The molecule has 0 fully saturated rings. The first kappa shape index (κ1) is 14.2. The summed E-state index contributed by atoms with van der Waals surface area (Å²) in [5, 5.41) is 7.88. The third kappa shape index (κ3) is 2.81. The van der Waals surface area contributed by atoms with Crippen molar-refractivity contribution in [2.24, 2.45) is 5.92 Å². The highest BCUT2D eigenvalue weighted by atomic mass is 16.1. The zero-order valence-electron chi connectivity index (χ0n) is 13.2. The second-order valence-electron chi connectivity index (χ2n) is 6.39. The van der Waals surface area contributed by atoms with Crippen LogP contribution in [0.15, 0.2) is 42.5 Å². The number of carbonyl (C=O) groups excluding carboxylic acids is 1. The molecule has 23 heavy (non-hydrogen) atoms. The van der Waals surface area contributed by atoms with Crippen LogP contribution in [0.1, 0.15) is 36.9 Å². The van der Waals surface area contributed by atoms with Crippen LogP contribution in [-0.2, 0) is 17.6 Å². The number of fused-ring (bicyclic) bond motifs is 1. The standard InChI is InChI=1S/C19H21N3O/c23-18(13-14-7-4-5-8-14)20-19-16-11-6-12-17(16)21-22(19)15-9-2-1-3-10-15/h1-4,7,9-10,14H,5-6,8,11-13H2,(H,20,23). The first-order valence-electron chi connectivity index (χ1n) is 8.44. The van der Waals surface area contributed by atoms with E-state index in [4.69, 9.17) is 5.10 Å². The minimum absolute atomic E-state index is 0.0910. The molecule has 1 aromatic carbocycles. The Morgan fingerprint density at radius 3 is 2.91 bits per heavy atom. The van der Waals surface area contributed by atoms with Gasteiger partial charge in [-0.25, -0.2) is 4.68 Å². The molecule has 2 aliphatic carbocycles. The van der Waals surface area contributed by atoms with E-state index in [1.807, 2.05) is 35.0 Å². The Balaban J connectivity index is 1.61. The largest absolute Gasteiger partial charge is 0.310 e. The van der Waals surface area contributed by atoms with E-state index < -0.39 is 0 Å². The lowest BCUT2D eigenvalue weighted by molar-refractivity contribution is -0.116. The van der Waals surface area contributed by atoms with Gasteiger partial charge in [0.15, 0.2) is 0 Å². The molecule has 1 N–H and O–H groups in total. The summed E-state index contributed by atoms with van der Waals surface area (Å²) in [7, 11) is 0. The van der Waals surface area contributed by atoms with Crippen LogP contribution < -0.4 is 5.32 Å².